The van der Waals surface area contributed by atoms with Crippen molar-refractivity contribution in [3.63, 3.8) is 0 Å². The minimum atomic E-state index is -0.234. The Hall–Kier alpha value is -1.13. The summed E-state index contributed by atoms with van der Waals surface area (Å²) in [5, 5.41) is 3.50. The molecule has 0 saturated heterocycles. The lowest BCUT2D eigenvalue weighted by Gasteiger charge is -2.21. The van der Waals surface area contributed by atoms with Crippen LogP contribution >= 0.6 is 0 Å². The minimum Gasteiger partial charge on any atom is -0.496 e. The highest BCUT2D eigenvalue weighted by Crippen LogP contribution is 2.28. The van der Waals surface area contributed by atoms with Crippen molar-refractivity contribution in [2.45, 2.75) is 44.3 Å². The van der Waals surface area contributed by atoms with Crippen molar-refractivity contribution < 1.29 is 9.13 Å². The second-order valence-corrected chi connectivity index (χ2v) is 5.04. The molecule has 0 radical (unpaired) electrons. The second-order valence-electron chi connectivity index (χ2n) is 5.04. The van der Waals surface area contributed by atoms with Crippen LogP contribution in [0.2, 0.25) is 0 Å². The first-order valence-corrected chi connectivity index (χ1v) is 6.45. The van der Waals surface area contributed by atoms with Crippen LogP contribution in [0, 0.1) is 5.82 Å². The Balaban J connectivity index is 2.08. The van der Waals surface area contributed by atoms with Crippen molar-refractivity contribution in [3.8, 4) is 5.75 Å². The Bertz CT molecular complexity index is 411. The summed E-state index contributed by atoms with van der Waals surface area (Å²) in [6.07, 6.45) is 3.13. The quantitative estimate of drug-likeness (QED) is 0.865. The highest BCUT2D eigenvalue weighted by Gasteiger charge is 2.24. The molecule has 1 aliphatic rings. The van der Waals surface area contributed by atoms with Crippen molar-refractivity contribution in [3.05, 3.63) is 29.6 Å². The third-order valence-electron chi connectivity index (χ3n) is 3.62. The average Bonchev–Trinajstić information content (AvgIpc) is 2.74. The lowest BCUT2D eigenvalue weighted by Crippen LogP contribution is -2.31. The Morgan fingerprint density at radius 1 is 1.44 bits per heavy atom. The predicted molar refractivity (Wildman–Crippen MR) is 70.1 cm³/mol. The van der Waals surface area contributed by atoms with Gasteiger partial charge in [0.1, 0.15) is 11.6 Å². The minimum absolute atomic E-state index is 0.0611. The normalized spacial score (nSPS) is 25.1. The predicted octanol–water partition coefficient (Wildman–Crippen LogP) is 2.36. The summed E-state index contributed by atoms with van der Waals surface area (Å²) in [5.41, 5.74) is 6.75. The first-order valence-electron chi connectivity index (χ1n) is 6.45. The van der Waals surface area contributed by atoms with Gasteiger partial charge in [0.05, 0.1) is 7.11 Å². The van der Waals surface area contributed by atoms with Gasteiger partial charge in [-0.2, -0.15) is 0 Å². The molecule has 3 unspecified atom stereocenters. The average molecular weight is 252 g/mol. The monoisotopic (exact) mass is 252 g/mol. The number of hydrogen-bond acceptors (Lipinski definition) is 3. The van der Waals surface area contributed by atoms with Gasteiger partial charge in [0.25, 0.3) is 0 Å². The van der Waals surface area contributed by atoms with Gasteiger partial charge in [0.2, 0.25) is 0 Å². The fourth-order valence-corrected chi connectivity index (χ4v) is 2.65. The van der Waals surface area contributed by atoms with Crippen LogP contribution in [0.4, 0.5) is 4.39 Å². The molecule has 0 bridgehead atoms. The maximum atomic E-state index is 13.3. The molecule has 100 valence electrons. The first-order chi connectivity index (χ1) is 8.60. The zero-order valence-electron chi connectivity index (χ0n) is 10.9. The highest BCUT2D eigenvalue weighted by atomic mass is 19.1. The van der Waals surface area contributed by atoms with Crippen LogP contribution in [0.3, 0.4) is 0 Å². The van der Waals surface area contributed by atoms with Crippen LogP contribution in [0.5, 0.6) is 5.75 Å². The van der Waals surface area contributed by atoms with Gasteiger partial charge in [-0.15, -0.1) is 0 Å². The molecule has 3 nitrogen and oxygen atoms in total. The molecule has 1 aromatic carbocycles. The van der Waals surface area contributed by atoms with E-state index in [0.717, 1.165) is 30.6 Å². The van der Waals surface area contributed by atoms with E-state index in [4.69, 9.17) is 10.5 Å². The van der Waals surface area contributed by atoms with Crippen LogP contribution in [0.15, 0.2) is 18.2 Å². The molecule has 0 aromatic heterocycles. The standard InChI is InChI=1S/C14H21FN2O/c1-9(17-12-5-4-11(16)8-12)13-7-10(15)3-6-14(13)18-2/h3,6-7,9,11-12,17H,4-5,8,16H2,1-2H3. The molecular formula is C14H21FN2O. The van der Waals surface area contributed by atoms with E-state index < -0.39 is 0 Å². The molecule has 18 heavy (non-hydrogen) atoms. The number of methoxy groups -OCH3 is 1. The number of halogens is 1. The van der Waals surface area contributed by atoms with Crippen molar-refractivity contribution >= 4 is 0 Å². The van der Waals surface area contributed by atoms with Crippen LogP contribution < -0.4 is 15.8 Å². The van der Waals surface area contributed by atoms with Gasteiger partial charge in [0.15, 0.2) is 0 Å². The first kappa shape index (κ1) is 13.3. The summed E-state index contributed by atoms with van der Waals surface area (Å²) >= 11 is 0. The molecule has 4 heteroatoms. The SMILES string of the molecule is COc1ccc(F)cc1C(C)NC1CCC(N)C1. The lowest BCUT2D eigenvalue weighted by atomic mass is 10.1. The zero-order valence-corrected chi connectivity index (χ0v) is 10.9. The van der Waals surface area contributed by atoms with Crippen molar-refractivity contribution in [1.29, 1.82) is 0 Å². The molecule has 3 N–H and O–H groups in total. The molecule has 2 rings (SSSR count). The molecule has 1 aliphatic carbocycles. The molecule has 0 spiro atoms. The van der Waals surface area contributed by atoms with Crippen molar-refractivity contribution in [1.82, 2.24) is 5.32 Å². The molecular weight excluding hydrogens is 231 g/mol. The number of ether oxygens (including phenoxy) is 1. The van der Waals surface area contributed by atoms with Gasteiger partial charge in [-0.1, -0.05) is 0 Å². The molecule has 0 heterocycles. The Labute approximate surface area is 108 Å². The molecule has 0 amide bonds. The number of nitrogens with one attached hydrogen (secondary N) is 1. The summed E-state index contributed by atoms with van der Waals surface area (Å²) in [6.45, 7) is 2.03. The van der Waals surface area contributed by atoms with E-state index in [0.29, 0.717) is 12.1 Å². The Morgan fingerprint density at radius 2 is 2.22 bits per heavy atom. The van der Waals surface area contributed by atoms with E-state index in [9.17, 15) is 4.39 Å². The van der Waals surface area contributed by atoms with Crippen LogP contribution in [-0.4, -0.2) is 19.2 Å². The van der Waals surface area contributed by atoms with E-state index in [-0.39, 0.29) is 11.9 Å². The van der Waals surface area contributed by atoms with Gasteiger partial charge >= 0.3 is 0 Å². The van der Waals surface area contributed by atoms with Gasteiger partial charge in [-0.3, -0.25) is 0 Å². The summed E-state index contributed by atoms with van der Waals surface area (Å²) < 4.78 is 18.6. The summed E-state index contributed by atoms with van der Waals surface area (Å²) in [5.74, 6) is 0.487. The van der Waals surface area contributed by atoms with Gasteiger partial charge in [-0.05, 0) is 44.4 Å². The molecule has 1 aromatic rings. The van der Waals surface area contributed by atoms with Crippen molar-refractivity contribution in [2.75, 3.05) is 7.11 Å². The Morgan fingerprint density at radius 3 is 2.83 bits per heavy atom. The topological polar surface area (TPSA) is 47.3 Å². The van der Waals surface area contributed by atoms with E-state index in [1.807, 2.05) is 6.92 Å². The molecule has 3 atom stereocenters. The fraction of sp³-hybridized carbons (Fsp3) is 0.571. The summed E-state index contributed by atoms with van der Waals surface area (Å²) in [6, 6.07) is 5.40. The molecule has 1 saturated carbocycles. The number of hydrogen-bond donors (Lipinski definition) is 2. The van der Waals surface area contributed by atoms with E-state index >= 15 is 0 Å². The van der Waals surface area contributed by atoms with E-state index in [2.05, 4.69) is 5.32 Å². The van der Waals surface area contributed by atoms with Gasteiger partial charge in [0, 0.05) is 23.7 Å². The summed E-state index contributed by atoms with van der Waals surface area (Å²) in [7, 11) is 1.61. The lowest BCUT2D eigenvalue weighted by molar-refractivity contribution is 0.390. The zero-order chi connectivity index (χ0) is 13.1. The maximum absolute atomic E-state index is 13.3. The van der Waals surface area contributed by atoms with Gasteiger partial charge < -0.3 is 15.8 Å². The van der Waals surface area contributed by atoms with E-state index in [1.165, 1.54) is 12.1 Å². The van der Waals surface area contributed by atoms with Crippen LogP contribution in [0.1, 0.15) is 37.8 Å². The fourth-order valence-electron chi connectivity index (χ4n) is 2.65. The number of nitrogens with two attached hydrogens (primary N) is 1. The second kappa shape index (κ2) is 5.67. The highest BCUT2D eigenvalue weighted by molar-refractivity contribution is 5.36. The van der Waals surface area contributed by atoms with Crippen LogP contribution in [0.25, 0.3) is 0 Å². The van der Waals surface area contributed by atoms with E-state index in [1.54, 1.807) is 13.2 Å². The maximum Gasteiger partial charge on any atom is 0.123 e. The Kier molecular flexibility index (Phi) is 4.19. The third-order valence-corrected chi connectivity index (χ3v) is 3.62. The largest absolute Gasteiger partial charge is 0.496 e. The third kappa shape index (κ3) is 3.00. The summed E-state index contributed by atoms with van der Waals surface area (Å²) in [4.78, 5) is 0. The molecule has 1 fully saturated rings. The number of benzene rings is 1. The van der Waals surface area contributed by atoms with Crippen LogP contribution in [-0.2, 0) is 0 Å². The number of rotatable bonds is 4. The smallest absolute Gasteiger partial charge is 0.123 e. The van der Waals surface area contributed by atoms with Gasteiger partial charge in [-0.25, -0.2) is 4.39 Å². The van der Waals surface area contributed by atoms with Crippen molar-refractivity contribution in [2.24, 2.45) is 5.73 Å². The molecule has 0 aliphatic heterocycles.